The van der Waals surface area contributed by atoms with Gasteiger partial charge in [-0.15, -0.1) is 0 Å². The van der Waals surface area contributed by atoms with E-state index in [0.29, 0.717) is 0 Å². The van der Waals surface area contributed by atoms with E-state index in [9.17, 15) is 0 Å². The third-order valence-electron chi connectivity index (χ3n) is 1.43. The molecule has 0 saturated carbocycles. The maximum absolute atomic E-state index is 3.36. The van der Waals surface area contributed by atoms with Crippen LogP contribution in [0.1, 0.15) is 12.5 Å². The molecule has 0 aromatic heterocycles. The highest BCUT2D eigenvalue weighted by Crippen LogP contribution is 2.26. The molecule has 0 N–H and O–H groups in total. The van der Waals surface area contributed by atoms with Crippen molar-refractivity contribution in [2.24, 2.45) is 0 Å². The molecule has 0 aliphatic carbocycles. The Morgan fingerprint density at radius 2 is 1.82 bits per heavy atom. The molecule has 1 aromatic rings. The molecule has 11 heavy (non-hydrogen) atoms. The maximum atomic E-state index is 3.36. The van der Waals surface area contributed by atoms with Crippen molar-refractivity contribution in [3.8, 4) is 0 Å². The highest BCUT2D eigenvalue weighted by molar-refractivity contribution is 9.28. The fourth-order valence-corrected chi connectivity index (χ4v) is 1.20. The Labute approximate surface area is 83.6 Å². The van der Waals surface area contributed by atoms with Crippen molar-refractivity contribution in [3.05, 3.63) is 39.3 Å². The van der Waals surface area contributed by atoms with Crippen LogP contribution < -0.4 is 0 Å². The first-order chi connectivity index (χ1) is 5.22. The fraction of sp³-hybridized carbons (Fsp3) is 0.111. The summed E-state index contributed by atoms with van der Waals surface area (Å²) < 4.78 is 0.996. The van der Waals surface area contributed by atoms with Crippen LogP contribution in [0.15, 0.2) is 27.7 Å². The molecule has 57 valence electrons. The SMILES string of the molecule is CC(=C(Br)Br)c1cc[c]cc1. The fourth-order valence-electron chi connectivity index (χ4n) is 0.746. The van der Waals surface area contributed by atoms with Crippen molar-refractivity contribution in [3.63, 3.8) is 0 Å². The lowest BCUT2D eigenvalue weighted by Gasteiger charge is -1.99. The number of benzene rings is 1. The van der Waals surface area contributed by atoms with Gasteiger partial charge >= 0.3 is 0 Å². The van der Waals surface area contributed by atoms with E-state index in [1.165, 1.54) is 11.1 Å². The molecule has 2 heteroatoms. The minimum Gasteiger partial charge on any atom is -0.0540 e. The summed E-state index contributed by atoms with van der Waals surface area (Å²) in [6.45, 7) is 2.05. The monoisotopic (exact) mass is 273 g/mol. The highest BCUT2D eigenvalue weighted by Gasteiger charge is 1.96. The lowest BCUT2D eigenvalue weighted by Crippen LogP contribution is -1.77. The smallest absolute Gasteiger partial charge is 0.0540 e. The third kappa shape index (κ3) is 2.46. The van der Waals surface area contributed by atoms with E-state index in [1.54, 1.807) is 0 Å². The van der Waals surface area contributed by atoms with Crippen LogP contribution in [0.25, 0.3) is 5.57 Å². The molecule has 0 unspecified atom stereocenters. The lowest BCUT2D eigenvalue weighted by molar-refractivity contribution is 1.57. The number of hydrogen-bond acceptors (Lipinski definition) is 0. The van der Waals surface area contributed by atoms with Gasteiger partial charge in [0.2, 0.25) is 0 Å². The first kappa shape index (κ1) is 9.01. The summed E-state index contributed by atoms with van der Waals surface area (Å²) in [6.07, 6.45) is 0. The van der Waals surface area contributed by atoms with Crippen molar-refractivity contribution in [2.45, 2.75) is 6.92 Å². The van der Waals surface area contributed by atoms with Crippen molar-refractivity contribution in [1.82, 2.24) is 0 Å². The quantitative estimate of drug-likeness (QED) is 0.727. The second-order valence-corrected chi connectivity index (χ2v) is 4.82. The van der Waals surface area contributed by atoms with E-state index in [4.69, 9.17) is 0 Å². The zero-order chi connectivity index (χ0) is 8.27. The van der Waals surface area contributed by atoms with Gasteiger partial charge in [-0.1, -0.05) is 24.3 Å². The molecule has 1 radical (unpaired) electrons. The molecule has 0 aliphatic heterocycles. The Balaban J connectivity index is 3.04. The summed E-state index contributed by atoms with van der Waals surface area (Å²) in [7, 11) is 0. The predicted molar refractivity (Wildman–Crippen MR) is 55.7 cm³/mol. The minimum absolute atomic E-state index is 0.996. The lowest BCUT2D eigenvalue weighted by atomic mass is 10.1. The van der Waals surface area contributed by atoms with Gasteiger partial charge < -0.3 is 0 Å². The van der Waals surface area contributed by atoms with E-state index < -0.39 is 0 Å². The predicted octanol–water partition coefficient (Wildman–Crippen LogP) is 3.97. The molecule has 0 spiro atoms. The second kappa shape index (κ2) is 4.07. The van der Waals surface area contributed by atoms with Crippen molar-refractivity contribution < 1.29 is 0 Å². The van der Waals surface area contributed by atoms with Crippen LogP contribution in [0.4, 0.5) is 0 Å². The van der Waals surface area contributed by atoms with Crippen LogP contribution in [0.5, 0.6) is 0 Å². The number of allylic oxidation sites excluding steroid dienone is 1. The summed E-state index contributed by atoms with van der Waals surface area (Å²) in [5, 5.41) is 0. The molecule has 0 atom stereocenters. The normalized spacial score (nSPS) is 9.36. The second-order valence-electron chi connectivity index (χ2n) is 2.17. The van der Waals surface area contributed by atoms with Gasteiger partial charge in [0, 0.05) is 0 Å². The minimum atomic E-state index is 0.996. The molecule has 1 aromatic carbocycles. The van der Waals surface area contributed by atoms with E-state index >= 15 is 0 Å². The molecule has 0 aliphatic rings. The number of hydrogen-bond donors (Lipinski definition) is 0. The summed E-state index contributed by atoms with van der Waals surface area (Å²) in [6, 6.07) is 10.8. The summed E-state index contributed by atoms with van der Waals surface area (Å²) >= 11 is 6.73. The standard InChI is InChI=1S/C9H7Br2/c1-7(9(10)11)8-5-3-2-4-6-8/h3-6H,1H3. The Morgan fingerprint density at radius 3 is 2.27 bits per heavy atom. The molecule has 0 saturated heterocycles. The van der Waals surface area contributed by atoms with Gasteiger partial charge in [-0.05, 0) is 56.0 Å². The Bertz CT molecular complexity index is 258. The number of rotatable bonds is 1. The van der Waals surface area contributed by atoms with Crippen LogP contribution >= 0.6 is 31.9 Å². The van der Waals surface area contributed by atoms with Crippen LogP contribution in [0.2, 0.25) is 0 Å². The number of halogens is 2. The molecule has 1 rings (SSSR count). The Kier molecular flexibility index (Phi) is 3.34. The van der Waals surface area contributed by atoms with Crippen molar-refractivity contribution >= 4 is 37.4 Å². The van der Waals surface area contributed by atoms with Gasteiger partial charge in [-0.25, -0.2) is 0 Å². The third-order valence-corrected chi connectivity index (χ3v) is 2.62. The van der Waals surface area contributed by atoms with Crippen LogP contribution in [-0.4, -0.2) is 0 Å². The van der Waals surface area contributed by atoms with E-state index in [2.05, 4.69) is 37.9 Å². The average Bonchev–Trinajstić information content (AvgIpc) is 2.05. The average molecular weight is 275 g/mol. The van der Waals surface area contributed by atoms with E-state index in [-0.39, 0.29) is 0 Å². The maximum Gasteiger partial charge on any atom is 0.0639 e. The van der Waals surface area contributed by atoms with Gasteiger partial charge in [0.15, 0.2) is 0 Å². The van der Waals surface area contributed by atoms with Gasteiger partial charge in [0.05, 0.1) is 3.39 Å². The Morgan fingerprint density at radius 1 is 1.27 bits per heavy atom. The topological polar surface area (TPSA) is 0 Å². The first-order valence-electron chi connectivity index (χ1n) is 3.20. The van der Waals surface area contributed by atoms with Crippen LogP contribution in [0, 0.1) is 6.07 Å². The van der Waals surface area contributed by atoms with Crippen molar-refractivity contribution in [2.75, 3.05) is 0 Å². The molecular weight excluding hydrogens is 268 g/mol. The molecule has 0 bridgehead atoms. The van der Waals surface area contributed by atoms with Crippen LogP contribution in [0.3, 0.4) is 0 Å². The Hall–Kier alpha value is -0.0800. The molecule has 0 heterocycles. The molecular formula is C9H7Br2. The van der Waals surface area contributed by atoms with Gasteiger partial charge in [0.1, 0.15) is 0 Å². The van der Waals surface area contributed by atoms with E-state index in [1.807, 2.05) is 31.2 Å². The molecule has 0 fully saturated rings. The summed E-state index contributed by atoms with van der Waals surface area (Å²) in [5.41, 5.74) is 2.39. The summed E-state index contributed by atoms with van der Waals surface area (Å²) in [5.74, 6) is 0. The first-order valence-corrected chi connectivity index (χ1v) is 4.79. The summed E-state index contributed by atoms with van der Waals surface area (Å²) in [4.78, 5) is 0. The van der Waals surface area contributed by atoms with E-state index in [0.717, 1.165) is 3.39 Å². The zero-order valence-electron chi connectivity index (χ0n) is 6.07. The van der Waals surface area contributed by atoms with Gasteiger partial charge in [-0.3, -0.25) is 0 Å². The molecule has 0 amide bonds. The zero-order valence-corrected chi connectivity index (χ0v) is 9.24. The largest absolute Gasteiger partial charge is 0.0639 e. The van der Waals surface area contributed by atoms with Gasteiger partial charge in [-0.2, -0.15) is 0 Å². The van der Waals surface area contributed by atoms with Crippen molar-refractivity contribution in [1.29, 1.82) is 0 Å². The van der Waals surface area contributed by atoms with Crippen LogP contribution in [-0.2, 0) is 0 Å². The highest BCUT2D eigenvalue weighted by atomic mass is 79.9. The van der Waals surface area contributed by atoms with Gasteiger partial charge in [0.25, 0.3) is 0 Å². The molecule has 0 nitrogen and oxygen atoms in total.